The Kier molecular flexibility index (Phi) is 7.78. The van der Waals surface area contributed by atoms with E-state index < -0.39 is 10.0 Å². The normalized spacial score (nSPS) is 16.6. The second-order valence-electron chi connectivity index (χ2n) is 5.49. The van der Waals surface area contributed by atoms with Gasteiger partial charge in [-0.3, -0.25) is 0 Å². The molecule has 0 radical (unpaired) electrons. The van der Waals surface area contributed by atoms with Crippen molar-refractivity contribution in [2.75, 3.05) is 26.7 Å². The minimum absolute atomic E-state index is 0. The van der Waals surface area contributed by atoms with Gasteiger partial charge in [-0.1, -0.05) is 11.6 Å². The van der Waals surface area contributed by atoms with Crippen molar-refractivity contribution in [1.29, 1.82) is 5.26 Å². The third-order valence-electron chi connectivity index (χ3n) is 4.07. The molecule has 1 heterocycles. The van der Waals surface area contributed by atoms with Crippen molar-refractivity contribution in [2.45, 2.75) is 24.2 Å². The second kappa shape index (κ2) is 8.86. The summed E-state index contributed by atoms with van der Waals surface area (Å²) < 4.78 is 26.8. The van der Waals surface area contributed by atoms with Gasteiger partial charge in [0.05, 0.1) is 15.5 Å². The van der Waals surface area contributed by atoms with E-state index >= 15 is 0 Å². The Labute approximate surface area is 149 Å². The van der Waals surface area contributed by atoms with E-state index in [2.05, 4.69) is 5.32 Å². The first kappa shape index (κ1) is 20.2. The van der Waals surface area contributed by atoms with Crippen LogP contribution in [0, 0.1) is 17.2 Å². The zero-order valence-electron chi connectivity index (χ0n) is 13.0. The van der Waals surface area contributed by atoms with Gasteiger partial charge in [0.15, 0.2) is 0 Å². The van der Waals surface area contributed by atoms with E-state index in [0.29, 0.717) is 19.0 Å². The van der Waals surface area contributed by atoms with Gasteiger partial charge in [-0.05, 0) is 57.0 Å². The lowest BCUT2D eigenvalue weighted by Crippen LogP contribution is -2.38. The zero-order chi connectivity index (χ0) is 16.2. The van der Waals surface area contributed by atoms with E-state index in [1.54, 1.807) is 0 Å². The van der Waals surface area contributed by atoms with Crippen LogP contribution in [-0.4, -0.2) is 39.4 Å². The van der Waals surface area contributed by atoms with Gasteiger partial charge in [-0.25, -0.2) is 8.42 Å². The molecule has 2 rings (SSSR count). The van der Waals surface area contributed by atoms with Crippen molar-refractivity contribution in [3.05, 3.63) is 28.8 Å². The molecule has 0 aromatic heterocycles. The summed E-state index contributed by atoms with van der Waals surface area (Å²) in [5.74, 6) is 0.573. The third-order valence-corrected chi connectivity index (χ3v) is 6.28. The highest BCUT2D eigenvalue weighted by Crippen LogP contribution is 2.27. The molecule has 8 heteroatoms. The van der Waals surface area contributed by atoms with E-state index in [0.717, 1.165) is 25.8 Å². The number of rotatable bonds is 5. The number of halogens is 2. The fourth-order valence-corrected chi connectivity index (χ4v) is 4.47. The van der Waals surface area contributed by atoms with Crippen LogP contribution in [0.3, 0.4) is 0 Å². The number of piperidine rings is 1. The van der Waals surface area contributed by atoms with Gasteiger partial charge in [0.25, 0.3) is 0 Å². The molecule has 0 amide bonds. The maximum absolute atomic E-state index is 12.6. The number of hydrogen-bond acceptors (Lipinski definition) is 4. The van der Waals surface area contributed by atoms with Gasteiger partial charge >= 0.3 is 0 Å². The van der Waals surface area contributed by atoms with Crippen LogP contribution in [0.25, 0.3) is 0 Å². The summed E-state index contributed by atoms with van der Waals surface area (Å²) in [7, 11) is -1.60. The molecule has 0 unspecified atom stereocenters. The number of nitriles is 1. The van der Waals surface area contributed by atoms with Crippen LogP contribution in [0.4, 0.5) is 0 Å². The first-order valence-corrected chi connectivity index (χ1v) is 9.15. The standard InChI is InChI=1S/C15H20ClN3O2S.ClH/c1-18-7-4-12-5-8-19(9-6-12)22(20,21)14-3-2-13(11-17)15(16)10-14;/h2-3,10,12,18H,4-9H2,1H3;1H. The summed E-state index contributed by atoms with van der Waals surface area (Å²) in [5.41, 5.74) is 0.284. The molecule has 1 aromatic carbocycles. The molecule has 0 bridgehead atoms. The van der Waals surface area contributed by atoms with Crippen molar-refractivity contribution < 1.29 is 8.42 Å². The SMILES string of the molecule is CNCCC1CCN(S(=O)(=O)c2ccc(C#N)c(Cl)c2)CC1.Cl. The molecule has 23 heavy (non-hydrogen) atoms. The minimum atomic E-state index is -3.53. The summed E-state index contributed by atoms with van der Waals surface area (Å²) >= 11 is 5.94. The van der Waals surface area contributed by atoms with Crippen molar-refractivity contribution in [3.8, 4) is 6.07 Å². The highest BCUT2D eigenvalue weighted by Gasteiger charge is 2.29. The van der Waals surface area contributed by atoms with Crippen molar-refractivity contribution in [2.24, 2.45) is 5.92 Å². The quantitative estimate of drug-likeness (QED) is 0.855. The van der Waals surface area contributed by atoms with Gasteiger partial charge in [0.2, 0.25) is 10.0 Å². The maximum atomic E-state index is 12.6. The number of hydrogen-bond donors (Lipinski definition) is 1. The number of nitrogens with zero attached hydrogens (tertiary/aromatic N) is 2. The Hall–Kier alpha value is -0.840. The molecular weight excluding hydrogens is 357 g/mol. The highest BCUT2D eigenvalue weighted by atomic mass is 35.5. The Morgan fingerprint density at radius 2 is 2.04 bits per heavy atom. The molecule has 128 valence electrons. The monoisotopic (exact) mass is 377 g/mol. The Morgan fingerprint density at radius 1 is 1.39 bits per heavy atom. The van der Waals surface area contributed by atoms with Crippen LogP contribution in [0.5, 0.6) is 0 Å². The first-order chi connectivity index (χ1) is 10.5. The van der Waals surface area contributed by atoms with Crippen LogP contribution in [0.15, 0.2) is 23.1 Å². The van der Waals surface area contributed by atoms with Crippen LogP contribution in [0.2, 0.25) is 5.02 Å². The average Bonchev–Trinajstić information content (AvgIpc) is 2.53. The third kappa shape index (κ3) is 4.82. The maximum Gasteiger partial charge on any atom is 0.243 e. The van der Waals surface area contributed by atoms with E-state index in [4.69, 9.17) is 16.9 Å². The fraction of sp³-hybridized carbons (Fsp3) is 0.533. The van der Waals surface area contributed by atoms with Gasteiger partial charge in [-0.15, -0.1) is 12.4 Å². The molecule has 1 fully saturated rings. The molecule has 0 atom stereocenters. The van der Waals surface area contributed by atoms with Gasteiger partial charge in [0, 0.05) is 13.1 Å². The van der Waals surface area contributed by atoms with E-state index in [9.17, 15) is 8.42 Å². The summed E-state index contributed by atoms with van der Waals surface area (Å²) in [4.78, 5) is 0.158. The lowest BCUT2D eigenvalue weighted by molar-refractivity contribution is 0.263. The Bertz CT molecular complexity index is 666. The van der Waals surface area contributed by atoms with Crippen LogP contribution < -0.4 is 5.32 Å². The second-order valence-corrected chi connectivity index (χ2v) is 7.84. The Balaban J connectivity index is 0.00000264. The summed E-state index contributed by atoms with van der Waals surface area (Å²) in [6, 6.07) is 6.20. The molecule has 1 aliphatic heterocycles. The number of sulfonamides is 1. The molecular formula is C15H21Cl2N3O2S. The zero-order valence-corrected chi connectivity index (χ0v) is 15.3. The van der Waals surface area contributed by atoms with Gasteiger partial charge < -0.3 is 5.32 Å². The average molecular weight is 378 g/mol. The predicted octanol–water partition coefficient (Wildman–Crippen LogP) is 2.64. The summed E-state index contributed by atoms with van der Waals surface area (Å²) in [5, 5.41) is 12.2. The molecule has 5 nitrogen and oxygen atoms in total. The first-order valence-electron chi connectivity index (χ1n) is 7.33. The molecule has 1 aromatic rings. The van der Waals surface area contributed by atoms with Crippen LogP contribution in [0.1, 0.15) is 24.8 Å². The van der Waals surface area contributed by atoms with E-state index in [1.165, 1.54) is 22.5 Å². The fourth-order valence-electron chi connectivity index (χ4n) is 2.68. The molecule has 1 N–H and O–H groups in total. The summed E-state index contributed by atoms with van der Waals surface area (Å²) in [6.45, 7) is 2.03. The van der Waals surface area contributed by atoms with Crippen molar-refractivity contribution in [3.63, 3.8) is 0 Å². The van der Waals surface area contributed by atoms with Crippen LogP contribution >= 0.6 is 24.0 Å². The molecule has 1 saturated heterocycles. The van der Waals surface area contributed by atoms with E-state index in [-0.39, 0.29) is 27.9 Å². The molecule has 0 saturated carbocycles. The largest absolute Gasteiger partial charge is 0.320 e. The molecule has 1 aliphatic rings. The van der Waals surface area contributed by atoms with Crippen LogP contribution in [-0.2, 0) is 10.0 Å². The number of benzene rings is 1. The van der Waals surface area contributed by atoms with Gasteiger partial charge in [-0.2, -0.15) is 9.57 Å². The van der Waals surface area contributed by atoms with E-state index in [1.807, 2.05) is 13.1 Å². The number of nitrogens with one attached hydrogen (secondary N) is 1. The molecule has 0 spiro atoms. The Morgan fingerprint density at radius 3 is 2.57 bits per heavy atom. The predicted molar refractivity (Wildman–Crippen MR) is 93.4 cm³/mol. The summed E-state index contributed by atoms with van der Waals surface area (Å²) in [6.07, 6.45) is 2.84. The van der Waals surface area contributed by atoms with Crippen molar-refractivity contribution >= 4 is 34.0 Å². The van der Waals surface area contributed by atoms with Gasteiger partial charge in [0.1, 0.15) is 6.07 Å². The lowest BCUT2D eigenvalue weighted by atomic mass is 9.95. The highest BCUT2D eigenvalue weighted by molar-refractivity contribution is 7.89. The smallest absolute Gasteiger partial charge is 0.243 e. The molecule has 0 aliphatic carbocycles. The van der Waals surface area contributed by atoms with Crippen molar-refractivity contribution in [1.82, 2.24) is 9.62 Å². The minimum Gasteiger partial charge on any atom is -0.320 e. The topological polar surface area (TPSA) is 73.2 Å². The lowest BCUT2D eigenvalue weighted by Gasteiger charge is -2.31.